The second kappa shape index (κ2) is 11.7. The standard InChI is InChI=1S/C24H22F4N2O10S/c1-23(10-41(37,38)14-6-3-12(25)4-7-14,40-21-18(33)16(31)17(32)19(39-21)20(34)35)22(36)30-13-5-2-11(9-29)15(8-13)24(26,27)28/h2-8,16-19,21,31-33H,10H2,1H3,(H,30,36)(H,34,35)/t16-,17-,18+,19-,21-,23?/m0/s1/i3D,4D,6D,7D. The second-order valence-electron chi connectivity index (χ2n) is 8.81. The molecule has 12 nitrogen and oxygen atoms in total. The van der Waals surface area contributed by atoms with Gasteiger partial charge in [0.15, 0.2) is 27.8 Å². The molecule has 0 spiro atoms. The first-order chi connectivity index (χ1) is 20.6. The highest BCUT2D eigenvalue weighted by molar-refractivity contribution is 7.91. The average Bonchev–Trinajstić information content (AvgIpc) is 2.94. The molecule has 1 aliphatic heterocycles. The molecular weight excluding hydrogens is 584 g/mol. The zero-order valence-corrected chi connectivity index (χ0v) is 21.2. The Kier molecular flexibility index (Phi) is 7.48. The molecule has 0 radical (unpaired) electrons. The highest BCUT2D eigenvalue weighted by Crippen LogP contribution is 2.34. The Balaban J connectivity index is 2.15. The molecule has 0 aromatic heterocycles. The van der Waals surface area contributed by atoms with Crippen LogP contribution in [0.3, 0.4) is 0 Å². The van der Waals surface area contributed by atoms with Crippen LogP contribution < -0.4 is 5.32 Å². The number of benzene rings is 2. The number of carbonyl (C=O) groups excluding carboxylic acids is 1. The molecule has 222 valence electrons. The number of halogens is 4. The number of rotatable bonds is 8. The number of nitrogens with zero attached hydrogens (tertiary/aromatic N) is 1. The predicted octanol–water partition coefficient (Wildman–Crippen LogP) is 0.796. The third-order valence-corrected chi connectivity index (χ3v) is 7.48. The molecule has 5 N–H and O–H groups in total. The largest absolute Gasteiger partial charge is 0.479 e. The van der Waals surface area contributed by atoms with Crippen LogP contribution in [0.2, 0.25) is 0 Å². The number of anilines is 1. The molecule has 1 heterocycles. The van der Waals surface area contributed by atoms with E-state index in [0.717, 1.165) is 6.07 Å². The zero-order chi connectivity index (χ0) is 34.4. The summed E-state index contributed by atoms with van der Waals surface area (Å²) in [5.41, 5.74) is -6.07. The van der Waals surface area contributed by atoms with Crippen molar-refractivity contribution in [3.05, 3.63) is 59.3 Å². The fourth-order valence-electron chi connectivity index (χ4n) is 3.65. The maximum absolute atomic E-state index is 14.1. The molecule has 0 saturated carbocycles. The van der Waals surface area contributed by atoms with E-state index in [-0.39, 0.29) is 0 Å². The molecule has 0 bridgehead atoms. The van der Waals surface area contributed by atoms with Crippen molar-refractivity contribution in [1.29, 1.82) is 5.26 Å². The van der Waals surface area contributed by atoms with Crippen LogP contribution in [0.15, 0.2) is 47.3 Å². The molecule has 17 heteroatoms. The van der Waals surface area contributed by atoms with Crippen molar-refractivity contribution in [3.63, 3.8) is 0 Å². The first kappa shape index (κ1) is 26.3. The molecule has 2 aromatic carbocycles. The molecule has 0 aliphatic carbocycles. The zero-order valence-electron chi connectivity index (χ0n) is 24.4. The number of carboxylic acids is 1. The van der Waals surface area contributed by atoms with E-state index < -0.39 is 122 Å². The van der Waals surface area contributed by atoms with Crippen LogP contribution in [0.25, 0.3) is 0 Å². The number of aliphatic carboxylic acids is 1. The van der Waals surface area contributed by atoms with Gasteiger partial charge < -0.3 is 35.2 Å². The fourth-order valence-corrected chi connectivity index (χ4v) is 5.13. The first-order valence-electron chi connectivity index (χ1n) is 13.1. The van der Waals surface area contributed by atoms with E-state index in [2.05, 4.69) is 0 Å². The highest BCUT2D eigenvalue weighted by Gasteiger charge is 2.52. The molecule has 2 aromatic rings. The van der Waals surface area contributed by atoms with E-state index in [4.69, 9.17) is 20.2 Å². The van der Waals surface area contributed by atoms with Gasteiger partial charge in [0.25, 0.3) is 5.91 Å². The number of ether oxygens (including phenoxy) is 2. The number of aliphatic hydroxyl groups excluding tert-OH is 3. The first-order valence-corrected chi connectivity index (χ1v) is 12.7. The maximum Gasteiger partial charge on any atom is 0.417 e. The summed E-state index contributed by atoms with van der Waals surface area (Å²) in [7, 11) is -5.30. The van der Waals surface area contributed by atoms with Gasteiger partial charge in [0.2, 0.25) is 0 Å². The SMILES string of the molecule is [2H]c1c([2H])c(S(=O)(=O)CC(C)(O[C@@H]2O[C@H](C(=O)O)[C@@H](O)[C@H](O)[C@H]2O)C(=O)Nc2ccc(C#N)c(C(F)(F)F)c2)c([2H])c([2H])c1F. The van der Waals surface area contributed by atoms with E-state index in [0.29, 0.717) is 19.1 Å². The van der Waals surface area contributed by atoms with Gasteiger partial charge >= 0.3 is 12.1 Å². The van der Waals surface area contributed by atoms with Crippen molar-refractivity contribution in [2.75, 3.05) is 11.1 Å². The molecule has 1 aliphatic rings. The van der Waals surface area contributed by atoms with Gasteiger partial charge in [-0.3, -0.25) is 4.79 Å². The van der Waals surface area contributed by atoms with Gasteiger partial charge in [0.05, 0.1) is 33.3 Å². The smallest absolute Gasteiger partial charge is 0.417 e. The number of carboxylic acid groups (broad SMARTS) is 1. The van der Waals surface area contributed by atoms with Crippen LogP contribution in [-0.2, 0) is 35.1 Å². The molecule has 1 fully saturated rings. The van der Waals surface area contributed by atoms with Crippen LogP contribution >= 0.6 is 0 Å². The summed E-state index contributed by atoms with van der Waals surface area (Å²) in [6.07, 6.45) is -16.8. The summed E-state index contributed by atoms with van der Waals surface area (Å²) in [4.78, 5) is 23.6. The van der Waals surface area contributed by atoms with E-state index in [1.54, 1.807) is 0 Å². The van der Waals surface area contributed by atoms with Crippen LogP contribution in [0, 0.1) is 17.1 Å². The molecule has 3 rings (SSSR count). The van der Waals surface area contributed by atoms with Gasteiger partial charge in [-0.25, -0.2) is 17.6 Å². The molecule has 1 unspecified atom stereocenters. The maximum atomic E-state index is 14.1. The minimum absolute atomic E-state index is 0.306. The Labute approximate surface area is 234 Å². The van der Waals surface area contributed by atoms with E-state index >= 15 is 0 Å². The quantitative estimate of drug-likeness (QED) is 0.209. The van der Waals surface area contributed by atoms with Gasteiger partial charge in [0.1, 0.15) is 24.1 Å². The van der Waals surface area contributed by atoms with E-state index in [9.17, 15) is 56.0 Å². The van der Waals surface area contributed by atoms with Crippen molar-refractivity contribution in [1.82, 2.24) is 0 Å². The monoisotopic (exact) mass is 610 g/mol. The number of hydrogen-bond acceptors (Lipinski definition) is 10. The number of sulfone groups is 1. The minimum atomic E-state index is -5.30. The van der Waals surface area contributed by atoms with Crippen molar-refractivity contribution >= 4 is 27.4 Å². The van der Waals surface area contributed by atoms with Crippen molar-refractivity contribution < 1.29 is 71.0 Å². The lowest BCUT2D eigenvalue weighted by molar-refractivity contribution is -0.311. The number of nitrogens with one attached hydrogen (secondary N) is 1. The van der Waals surface area contributed by atoms with Crippen molar-refractivity contribution in [2.24, 2.45) is 0 Å². The Hall–Kier alpha value is -3.66. The lowest BCUT2D eigenvalue weighted by Crippen LogP contribution is -2.63. The van der Waals surface area contributed by atoms with Crippen LogP contribution in [0.1, 0.15) is 23.5 Å². The van der Waals surface area contributed by atoms with Gasteiger partial charge in [-0.1, -0.05) is 0 Å². The highest BCUT2D eigenvalue weighted by atomic mass is 32.2. The molecule has 1 saturated heterocycles. The third kappa shape index (κ3) is 6.98. The summed E-state index contributed by atoms with van der Waals surface area (Å²) in [6.45, 7) is 0.636. The van der Waals surface area contributed by atoms with Gasteiger partial charge in [-0.2, -0.15) is 18.4 Å². The molecular formula is C24H22F4N2O10S. The molecule has 1 amide bonds. The van der Waals surface area contributed by atoms with Crippen LogP contribution in [0.4, 0.5) is 23.2 Å². The Morgan fingerprint density at radius 3 is 2.29 bits per heavy atom. The van der Waals surface area contributed by atoms with E-state index in [1.807, 2.05) is 5.32 Å². The number of aliphatic hydroxyl groups is 3. The second-order valence-corrected chi connectivity index (χ2v) is 10.7. The minimum Gasteiger partial charge on any atom is -0.479 e. The number of carbonyl (C=O) groups is 2. The Morgan fingerprint density at radius 2 is 1.76 bits per heavy atom. The molecule has 41 heavy (non-hydrogen) atoms. The average molecular weight is 611 g/mol. The number of nitriles is 1. The van der Waals surface area contributed by atoms with Crippen molar-refractivity contribution in [3.8, 4) is 6.07 Å². The van der Waals surface area contributed by atoms with Crippen LogP contribution in [-0.4, -0.2) is 82.8 Å². The number of alkyl halides is 3. The fraction of sp³-hybridized carbons (Fsp3) is 0.375. The summed E-state index contributed by atoms with van der Waals surface area (Å²) in [5, 5.41) is 50.7. The summed E-state index contributed by atoms with van der Waals surface area (Å²) < 4.78 is 123. The van der Waals surface area contributed by atoms with Crippen molar-refractivity contribution in [2.45, 2.75) is 54.3 Å². The van der Waals surface area contributed by atoms with Gasteiger partial charge in [-0.05, 0) is 49.3 Å². The lowest BCUT2D eigenvalue weighted by Gasteiger charge is -2.42. The molecule has 6 atom stereocenters. The van der Waals surface area contributed by atoms with E-state index in [1.165, 1.54) is 6.07 Å². The normalized spacial score (nSPS) is 26.0. The third-order valence-electron chi connectivity index (χ3n) is 5.72. The number of hydrogen-bond donors (Lipinski definition) is 5. The predicted molar refractivity (Wildman–Crippen MR) is 127 cm³/mol. The topological polar surface area (TPSA) is 203 Å². The Morgan fingerprint density at radius 1 is 1.15 bits per heavy atom. The Bertz CT molecular complexity index is 1660. The van der Waals surface area contributed by atoms with Gasteiger partial charge in [0, 0.05) is 5.69 Å². The lowest BCUT2D eigenvalue weighted by atomic mass is 9.98. The summed E-state index contributed by atoms with van der Waals surface area (Å²) in [5.74, 6) is -7.00. The number of amides is 1. The van der Waals surface area contributed by atoms with Crippen LogP contribution in [0.5, 0.6) is 0 Å². The summed E-state index contributed by atoms with van der Waals surface area (Å²) in [6, 6.07) is -2.55. The van der Waals surface area contributed by atoms with Gasteiger partial charge in [-0.15, -0.1) is 0 Å². The summed E-state index contributed by atoms with van der Waals surface area (Å²) >= 11 is 0.